The fraction of sp³-hybridized carbons (Fsp3) is 0.174. The molecule has 0 saturated heterocycles. The summed E-state index contributed by atoms with van der Waals surface area (Å²) in [7, 11) is 0. The molecule has 0 saturated carbocycles. The second kappa shape index (κ2) is 10.2. The molecule has 0 atom stereocenters. The lowest BCUT2D eigenvalue weighted by Gasteiger charge is -2.08. The number of thioether (sulfide) groups is 1. The van der Waals surface area contributed by atoms with Crippen molar-refractivity contribution in [1.82, 2.24) is 0 Å². The normalized spacial score (nSPS) is 10.5. The number of aryl methyl sites for hydroxylation is 2. The third kappa shape index (κ3) is 6.66. The Hall–Kier alpha value is -2.37. The summed E-state index contributed by atoms with van der Waals surface area (Å²) < 4.78 is 3.34. The summed E-state index contributed by atoms with van der Waals surface area (Å²) in [6.07, 6.45) is 0.490. The van der Waals surface area contributed by atoms with Gasteiger partial charge in [-0.3, -0.25) is 4.79 Å². The largest absolute Gasteiger partial charge is 0.326 e. The van der Waals surface area contributed by atoms with Crippen LogP contribution in [0.5, 0.6) is 0 Å². The molecule has 28 heavy (non-hydrogen) atoms. The van der Waals surface area contributed by atoms with E-state index in [1.807, 2.05) is 36.4 Å². The van der Waals surface area contributed by atoms with Crippen molar-refractivity contribution in [3.05, 3.63) is 83.9 Å². The molecule has 0 bridgehead atoms. The molecule has 5 heteroatoms. The maximum absolute atomic E-state index is 12.1. The molecule has 0 aliphatic carbocycles. The summed E-state index contributed by atoms with van der Waals surface area (Å²) in [6, 6.07) is 24.5. The van der Waals surface area contributed by atoms with E-state index < -0.39 is 0 Å². The second-order valence-electron chi connectivity index (χ2n) is 6.56. The van der Waals surface area contributed by atoms with Crippen LogP contribution in [0.1, 0.15) is 17.5 Å². The highest BCUT2D eigenvalue weighted by atomic mass is 32.2. The van der Waals surface area contributed by atoms with Crippen molar-refractivity contribution in [3.63, 3.8) is 0 Å². The lowest BCUT2D eigenvalue weighted by Crippen LogP contribution is -2.12. The van der Waals surface area contributed by atoms with E-state index in [0.29, 0.717) is 6.42 Å². The molecule has 0 fully saturated rings. The number of amides is 1. The van der Waals surface area contributed by atoms with Gasteiger partial charge < -0.3 is 10.0 Å². The van der Waals surface area contributed by atoms with Gasteiger partial charge in [0.05, 0.1) is 0 Å². The highest BCUT2D eigenvalue weighted by Gasteiger charge is 2.04. The monoisotopic (exact) mass is 408 g/mol. The van der Waals surface area contributed by atoms with Gasteiger partial charge in [-0.2, -0.15) is 0 Å². The van der Waals surface area contributed by atoms with Gasteiger partial charge in [-0.05, 0) is 79.9 Å². The minimum atomic E-state index is 0.0397. The predicted molar refractivity (Wildman–Crippen MR) is 122 cm³/mol. The Labute approximate surface area is 175 Å². The minimum Gasteiger partial charge on any atom is -0.326 e. The molecule has 0 aliphatic heterocycles. The molecular formula is C23H24N2OS2. The Bertz CT molecular complexity index is 909. The van der Waals surface area contributed by atoms with Crippen LogP contribution in [-0.4, -0.2) is 11.7 Å². The molecule has 3 nitrogen and oxygen atoms in total. The first kappa shape index (κ1) is 20.4. The molecular weight excluding hydrogens is 384 g/mol. The zero-order valence-electron chi connectivity index (χ0n) is 16.1. The zero-order valence-corrected chi connectivity index (χ0v) is 17.7. The molecule has 3 aromatic carbocycles. The maximum atomic E-state index is 12.1. The summed E-state index contributed by atoms with van der Waals surface area (Å²) in [5.74, 6) is 0.807. The first-order valence-electron chi connectivity index (χ1n) is 9.17. The third-order valence-electron chi connectivity index (χ3n) is 4.06. The molecule has 1 amide bonds. The minimum absolute atomic E-state index is 0.0397. The zero-order chi connectivity index (χ0) is 19.8. The molecule has 0 radical (unpaired) electrons. The quantitative estimate of drug-likeness (QED) is 0.328. The summed E-state index contributed by atoms with van der Waals surface area (Å²) >= 11 is 3.26. The van der Waals surface area contributed by atoms with E-state index in [1.54, 1.807) is 23.7 Å². The molecule has 0 aliphatic rings. The molecule has 144 valence electrons. The Morgan fingerprint density at radius 1 is 0.821 bits per heavy atom. The summed E-state index contributed by atoms with van der Waals surface area (Å²) in [6.45, 7) is 4.15. The fourth-order valence-corrected chi connectivity index (χ4v) is 4.04. The number of nitrogens with one attached hydrogen (secondary N) is 2. The van der Waals surface area contributed by atoms with Gasteiger partial charge in [0.1, 0.15) is 0 Å². The molecule has 0 spiro atoms. The van der Waals surface area contributed by atoms with E-state index in [-0.39, 0.29) is 5.91 Å². The Morgan fingerprint density at radius 2 is 1.54 bits per heavy atom. The van der Waals surface area contributed by atoms with E-state index >= 15 is 0 Å². The van der Waals surface area contributed by atoms with Gasteiger partial charge in [-0.1, -0.05) is 29.8 Å². The van der Waals surface area contributed by atoms with E-state index in [2.05, 4.69) is 60.3 Å². The summed E-state index contributed by atoms with van der Waals surface area (Å²) in [5, 5.41) is 2.96. The van der Waals surface area contributed by atoms with Crippen molar-refractivity contribution >= 4 is 41.0 Å². The van der Waals surface area contributed by atoms with E-state index in [0.717, 1.165) is 22.0 Å². The standard InChI is InChI=1S/C23H24N2OS2/c1-17-6-10-21(11-7-17)27-15-14-23(26)24-19-8-12-22(13-9-19)28-25-20-5-3-4-18(2)16-20/h3-13,16,25H,14-15H2,1-2H3,(H,24,26). The SMILES string of the molecule is Cc1ccc(SCCC(=O)Nc2ccc(SNc3cccc(C)c3)cc2)cc1. The van der Waals surface area contributed by atoms with Crippen LogP contribution in [0.15, 0.2) is 82.6 Å². The Kier molecular flexibility index (Phi) is 7.46. The lowest BCUT2D eigenvalue weighted by molar-refractivity contribution is -0.115. The van der Waals surface area contributed by atoms with Crippen molar-refractivity contribution in [1.29, 1.82) is 0 Å². The van der Waals surface area contributed by atoms with E-state index in [1.165, 1.54) is 16.0 Å². The van der Waals surface area contributed by atoms with Gasteiger partial charge in [-0.25, -0.2) is 0 Å². The van der Waals surface area contributed by atoms with Gasteiger partial charge in [-0.15, -0.1) is 11.8 Å². The Balaban J connectivity index is 1.41. The number of hydrogen-bond donors (Lipinski definition) is 2. The van der Waals surface area contributed by atoms with Crippen LogP contribution >= 0.6 is 23.7 Å². The van der Waals surface area contributed by atoms with Gasteiger partial charge in [0, 0.05) is 33.3 Å². The van der Waals surface area contributed by atoms with Crippen molar-refractivity contribution in [2.45, 2.75) is 30.1 Å². The number of carbonyl (C=O) groups is 1. The average molecular weight is 409 g/mol. The third-order valence-corrected chi connectivity index (χ3v) is 5.92. The average Bonchev–Trinajstić information content (AvgIpc) is 2.69. The molecule has 3 rings (SSSR count). The summed E-state index contributed by atoms with van der Waals surface area (Å²) in [4.78, 5) is 14.4. The van der Waals surface area contributed by atoms with Crippen LogP contribution in [0.25, 0.3) is 0 Å². The van der Waals surface area contributed by atoms with Crippen molar-refractivity contribution in [2.75, 3.05) is 15.8 Å². The highest BCUT2D eigenvalue weighted by Crippen LogP contribution is 2.23. The molecule has 3 aromatic rings. The fourth-order valence-electron chi connectivity index (χ4n) is 2.55. The first-order valence-corrected chi connectivity index (χ1v) is 11.0. The van der Waals surface area contributed by atoms with Crippen LogP contribution in [-0.2, 0) is 4.79 Å². The number of hydrogen-bond acceptors (Lipinski definition) is 4. The number of anilines is 2. The summed E-state index contributed by atoms with van der Waals surface area (Å²) in [5.41, 5.74) is 4.38. The van der Waals surface area contributed by atoms with Crippen LogP contribution in [0, 0.1) is 13.8 Å². The van der Waals surface area contributed by atoms with Gasteiger partial charge in [0.15, 0.2) is 0 Å². The molecule has 0 unspecified atom stereocenters. The topological polar surface area (TPSA) is 41.1 Å². The van der Waals surface area contributed by atoms with Crippen molar-refractivity contribution in [3.8, 4) is 0 Å². The number of rotatable bonds is 8. The first-order chi connectivity index (χ1) is 13.6. The molecule has 0 aromatic heterocycles. The van der Waals surface area contributed by atoms with E-state index in [9.17, 15) is 4.79 Å². The predicted octanol–water partition coefficient (Wildman–Crippen LogP) is 6.54. The second-order valence-corrected chi connectivity index (χ2v) is 8.61. The molecule has 2 N–H and O–H groups in total. The lowest BCUT2D eigenvalue weighted by atomic mass is 10.2. The van der Waals surface area contributed by atoms with Gasteiger partial charge in [0.25, 0.3) is 0 Å². The van der Waals surface area contributed by atoms with Crippen LogP contribution in [0.4, 0.5) is 11.4 Å². The Morgan fingerprint density at radius 3 is 2.25 bits per heavy atom. The number of benzene rings is 3. The van der Waals surface area contributed by atoms with Gasteiger partial charge >= 0.3 is 0 Å². The van der Waals surface area contributed by atoms with Crippen LogP contribution < -0.4 is 10.0 Å². The van der Waals surface area contributed by atoms with Crippen LogP contribution in [0.2, 0.25) is 0 Å². The van der Waals surface area contributed by atoms with Gasteiger partial charge in [0.2, 0.25) is 5.91 Å². The van der Waals surface area contributed by atoms with Crippen molar-refractivity contribution < 1.29 is 4.79 Å². The van der Waals surface area contributed by atoms with E-state index in [4.69, 9.17) is 0 Å². The van der Waals surface area contributed by atoms with Crippen LogP contribution in [0.3, 0.4) is 0 Å². The number of carbonyl (C=O) groups excluding carboxylic acids is 1. The molecule has 0 heterocycles. The van der Waals surface area contributed by atoms with Crippen molar-refractivity contribution in [2.24, 2.45) is 0 Å². The maximum Gasteiger partial charge on any atom is 0.225 e. The smallest absolute Gasteiger partial charge is 0.225 e. The highest BCUT2D eigenvalue weighted by molar-refractivity contribution is 8.00.